The minimum absolute atomic E-state index is 0.0438. The Kier molecular flexibility index (Phi) is 5.88. The van der Waals surface area contributed by atoms with Gasteiger partial charge in [0.25, 0.3) is 0 Å². The smallest absolute Gasteiger partial charge is 0.227 e. The molecule has 2 amide bonds. The lowest BCUT2D eigenvalue weighted by molar-refractivity contribution is -0.142. The molecule has 4 rings (SSSR count). The molecule has 5 nitrogen and oxygen atoms in total. The maximum Gasteiger partial charge on any atom is 0.227 e. The highest BCUT2D eigenvalue weighted by atomic mass is 16.5. The Morgan fingerprint density at radius 2 is 1.79 bits per heavy atom. The molecule has 0 aromatic heterocycles. The van der Waals surface area contributed by atoms with E-state index in [-0.39, 0.29) is 17.7 Å². The van der Waals surface area contributed by atoms with Gasteiger partial charge in [0.05, 0.1) is 18.9 Å². The van der Waals surface area contributed by atoms with Crippen molar-refractivity contribution in [3.63, 3.8) is 0 Å². The zero-order valence-corrected chi connectivity index (χ0v) is 16.9. The van der Waals surface area contributed by atoms with Crippen LogP contribution in [0, 0.1) is 17.8 Å². The molecule has 0 bridgehead atoms. The average Bonchev–Trinajstić information content (AvgIpc) is 3.64. The van der Waals surface area contributed by atoms with E-state index >= 15 is 0 Å². The fourth-order valence-corrected chi connectivity index (χ4v) is 4.66. The highest BCUT2D eigenvalue weighted by Crippen LogP contribution is 2.47. The molecule has 5 heteroatoms. The number of hydrogen-bond donors (Lipinski definition) is 0. The summed E-state index contributed by atoms with van der Waals surface area (Å²) in [6.45, 7) is 1.70. The highest BCUT2D eigenvalue weighted by Gasteiger charge is 2.46. The number of carbonyl (C=O) groups is 2. The van der Waals surface area contributed by atoms with E-state index in [2.05, 4.69) is 0 Å². The Balaban J connectivity index is 1.27. The molecule has 3 fully saturated rings. The molecule has 0 N–H and O–H groups in total. The van der Waals surface area contributed by atoms with Crippen molar-refractivity contribution in [3.8, 4) is 5.75 Å². The molecule has 0 radical (unpaired) electrons. The standard InChI is InChI=1S/C23H32N2O3/c1-24(22(17-9-10-17)18-11-12-18)23(27)19-6-5-14-25(16-19)21(26)13-15-28-20-7-3-2-4-8-20/h2-4,7-8,17-19,22H,5-6,9-16H2,1H3. The van der Waals surface area contributed by atoms with Crippen molar-refractivity contribution in [2.75, 3.05) is 26.7 Å². The van der Waals surface area contributed by atoms with Gasteiger partial charge in [-0.25, -0.2) is 0 Å². The van der Waals surface area contributed by atoms with Gasteiger partial charge in [-0.1, -0.05) is 18.2 Å². The van der Waals surface area contributed by atoms with Gasteiger partial charge in [-0.15, -0.1) is 0 Å². The van der Waals surface area contributed by atoms with Crippen LogP contribution in [0.4, 0.5) is 0 Å². The Morgan fingerprint density at radius 1 is 1.11 bits per heavy atom. The summed E-state index contributed by atoms with van der Waals surface area (Å²) in [6, 6.07) is 10.0. The maximum atomic E-state index is 13.1. The van der Waals surface area contributed by atoms with Crippen LogP contribution in [0.15, 0.2) is 30.3 Å². The van der Waals surface area contributed by atoms with Gasteiger partial charge in [0, 0.05) is 26.2 Å². The topological polar surface area (TPSA) is 49.9 Å². The van der Waals surface area contributed by atoms with Crippen LogP contribution in [0.5, 0.6) is 5.75 Å². The molecule has 1 saturated heterocycles. The summed E-state index contributed by atoms with van der Waals surface area (Å²) < 4.78 is 5.66. The summed E-state index contributed by atoms with van der Waals surface area (Å²) >= 11 is 0. The zero-order chi connectivity index (χ0) is 19.5. The van der Waals surface area contributed by atoms with E-state index in [9.17, 15) is 9.59 Å². The second-order valence-corrected chi connectivity index (χ2v) is 8.71. The van der Waals surface area contributed by atoms with E-state index in [1.54, 1.807) is 0 Å². The van der Waals surface area contributed by atoms with Gasteiger partial charge in [-0.3, -0.25) is 9.59 Å². The normalized spacial score (nSPS) is 22.2. The molecule has 1 aromatic rings. The first-order valence-electron chi connectivity index (χ1n) is 10.9. The van der Waals surface area contributed by atoms with Gasteiger partial charge < -0.3 is 14.5 Å². The number of hydrogen-bond acceptors (Lipinski definition) is 3. The second-order valence-electron chi connectivity index (χ2n) is 8.71. The third-order valence-corrected chi connectivity index (χ3v) is 6.46. The number of piperidine rings is 1. The summed E-state index contributed by atoms with van der Waals surface area (Å²) in [5.74, 6) is 2.53. The Labute approximate surface area is 168 Å². The van der Waals surface area contributed by atoms with Crippen molar-refractivity contribution < 1.29 is 14.3 Å². The lowest BCUT2D eigenvalue weighted by Gasteiger charge is -2.37. The molecule has 1 heterocycles. The number of nitrogens with zero attached hydrogens (tertiary/aromatic N) is 2. The van der Waals surface area contributed by atoms with E-state index in [4.69, 9.17) is 4.74 Å². The third-order valence-electron chi connectivity index (χ3n) is 6.46. The number of amides is 2. The predicted octanol–water partition coefficient (Wildman–Crippen LogP) is 3.34. The van der Waals surface area contributed by atoms with Crippen molar-refractivity contribution >= 4 is 11.8 Å². The Hall–Kier alpha value is -2.04. The van der Waals surface area contributed by atoms with Crippen LogP contribution in [0.3, 0.4) is 0 Å². The quantitative estimate of drug-likeness (QED) is 0.691. The second kappa shape index (κ2) is 8.54. The number of rotatable bonds is 8. The van der Waals surface area contributed by atoms with Crippen molar-refractivity contribution in [3.05, 3.63) is 30.3 Å². The molecule has 1 atom stereocenters. The summed E-state index contributed by atoms with van der Waals surface area (Å²) in [4.78, 5) is 29.7. The Morgan fingerprint density at radius 3 is 2.43 bits per heavy atom. The number of para-hydroxylation sites is 1. The van der Waals surface area contributed by atoms with Gasteiger partial charge in [0.2, 0.25) is 11.8 Å². The molecule has 3 aliphatic rings. The molecule has 152 valence electrons. The molecule has 28 heavy (non-hydrogen) atoms. The van der Waals surface area contributed by atoms with Gasteiger partial charge in [-0.2, -0.15) is 0 Å². The van der Waals surface area contributed by atoms with E-state index in [0.717, 1.165) is 37.0 Å². The molecule has 1 aliphatic heterocycles. The van der Waals surface area contributed by atoms with Gasteiger partial charge in [-0.05, 0) is 62.5 Å². The SMILES string of the molecule is CN(C(=O)C1CCCN(C(=O)CCOc2ccccc2)C1)C(C1CC1)C1CC1. The van der Waals surface area contributed by atoms with Crippen LogP contribution in [-0.4, -0.2) is 54.4 Å². The first kappa shape index (κ1) is 19.3. The van der Waals surface area contributed by atoms with Crippen LogP contribution >= 0.6 is 0 Å². The number of benzene rings is 1. The summed E-state index contributed by atoms with van der Waals surface area (Å²) in [7, 11) is 2.00. The monoisotopic (exact) mass is 384 g/mol. The van der Waals surface area contributed by atoms with Crippen LogP contribution in [0.25, 0.3) is 0 Å². The van der Waals surface area contributed by atoms with Crippen LogP contribution in [-0.2, 0) is 9.59 Å². The van der Waals surface area contributed by atoms with E-state index in [1.807, 2.05) is 47.2 Å². The first-order valence-corrected chi connectivity index (χ1v) is 10.9. The molecule has 2 saturated carbocycles. The summed E-state index contributed by atoms with van der Waals surface area (Å²) in [5, 5.41) is 0. The molecule has 1 unspecified atom stereocenters. The largest absolute Gasteiger partial charge is 0.493 e. The number of carbonyl (C=O) groups excluding carboxylic acids is 2. The number of ether oxygens (including phenoxy) is 1. The predicted molar refractivity (Wildman–Crippen MR) is 108 cm³/mol. The number of likely N-dealkylation sites (tertiary alicyclic amines) is 1. The van der Waals surface area contributed by atoms with E-state index in [1.165, 1.54) is 25.7 Å². The van der Waals surface area contributed by atoms with Gasteiger partial charge >= 0.3 is 0 Å². The molecule has 2 aliphatic carbocycles. The van der Waals surface area contributed by atoms with E-state index in [0.29, 0.717) is 25.6 Å². The fourth-order valence-electron chi connectivity index (χ4n) is 4.66. The van der Waals surface area contributed by atoms with Gasteiger partial charge in [0.1, 0.15) is 5.75 Å². The van der Waals surface area contributed by atoms with Gasteiger partial charge in [0.15, 0.2) is 0 Å². The third kappa shape index (κ3) is 4.68. The van der Waals surface area contributed by atoms with Crippen LogP contribution in [0.2, 0.25) is 0 Å². The van der Waals surface area contributed by atoms with Crippen molar-refractivity contribution in [1.29, 1.82) is 0 Å². The first-order chi connectivity index (χ1) is 13.6. The molecular weight excluding hydrogens is 352 g/mol. The highest BCUT2D eigenvalue weighted by molar-refractivity contribution is 5.81. The molecular formula is C23H32N2O3. The van der Waals surface area contributed by atoms with Crippen molar-refractivity contribution in [2.45, 2.75) is 51.0 Å². The van der Waals surface area contributed by atoms with E-state index < -0.39 is 0 Å². The van der Waals surface area contributed by atoms with Crippen molar-refractivity contribution in [2.24, 2.45) is 17.8 Å². The lowest BCUT2D eigenvalue weighted by atomic mass is 9.94. The maximum absolute atomic E-state index is 13.1. The summed E-state index contributed by atoms with van der Waals surface area (Å²) in [6.07, 6.45) is 7.26. The average molecular weight is 385 g/mol. The lowest BCUT2D eigenvalue weighted by Crippen LogP contribution is -2.49. The van der Waals surface area contributed by atoms with Crippen LogP contribution < -0.4 is 4.74 Å². The van der Waals surface area contributed by atoms with Crippen molar-refractivity contribution in [1.82, 2.24) is 9.80 Å². The Bertz CT molecular complexity index is 672. The fraction of sp³-hybridized carbons (Fsp3) is 0.652. The minimum atomic E-state index is -0.0438. The molecule has 0 spiro atoms. The minimum Gasteiger partial charge on any atom is -0.493 e. The zero-order valence-electron chi connectivity index (χ0n) is 16.9. The molecule has 1 aromatic carbocycles. The summed E-state index contributed by atoms with van der Waals surface area (Å²) in [5.41, 5.74) is 0. The van der Waals surface area contributed by atoms with Crippen LogP contribution in [0.1, 0.15) is 44.9 Å².